The van der Waals surface area contributed by atoms with E-state index in [-0.39, 0.29) is 0 Å². The molecule has 1 aromatic heterocycles. The maximum absolute atomic E-state index is 4.30. The monoisotopic (exact) mass is 284 g/mol. The Morgan fingerprint density at radius 1 is 1.39 bits per heavy atom. The molecule has 1 heterocycles. The van der Waals surface area contributed by atoms with E-state index >= 15 is 0 Å². The molecule has 0 aliphatic heterocycles. The lowest BCUT2D eigenvalue weighted by atomic mass is 9.88. The van der Waals surface area contributed by atoms with E-state index in [4.69, 9.17) is 0 Å². The van der Waals surface area contributed by atoms with Gasteiger partial charge in [0.05, 0.1) is 11.2 Å². The molecule has 0 bridgehead atoms. The molecule has 1 N–H and O–H groups in total. The second kappa shape index (κ2) is 6.92. The number of nitrogens with one attached hydrogen (secondary N) is 1. The van der Waals surface area contributed by atoms with E-state index in [1.165, 1.54) is 49.2 Å². The largest absolute Gasteiger partial charge is 0.315 e. The molecule has 1 aliphatic carbocycles. The molecule has 1 aromatic rings. The fourth-order valence-electron chi connectivity index (χ4n) is 2.73. The van der Waals surface area contributed by atoms with Crippen LogP contribution in [0.25, 0.3) is 0 Å². The molecule has 0 unspecified atom stereocenters. The van der Waals surface area contributed by atoms with Gasteiger partial charge in [-0.3, -0.25) is 0 Å². The predicted molar refractivity (Wildman–Crippen MR) is 82.8 cm³/mol. The normalized spacial score (nSPS) is 19.0. The number of aryl methyl sites for hydroxylation is 1. The predicted octanol–water partition coefficient (Wildman–Crippen LogP) is 3.65. The third-order valence-corrected chi connectivity index (χ3v) is 6.43. The highest BCUT2D eigenvalue weighted by atomic mass is 32.2. The summed E-state index contributed by atoms with van der Waals surface area (Å²) in [7, 11) is 0. The van der Waals surface area contributed by atoms with Crippen molar-refractivity contribution in [2.75, 3.05) is 19.3 Å². The van der Waals surface area contributed by atoms with Gasteiger partial charge < -0.3 is 5.32 Å². The lowest BCUT2D eigenvalue weighted by Gasteiger charge is -2.36. The Bertz CT molecular complexity index is 356. The topological polar surface area (TPSA) is 24.9 Å². The second-order valence-corrected chi connectivity index (χ2v) is 7.45. The third kappa shape index (κ3) is 3.72. The zero-order valence-electron chi connectivity index (χ0n) is 11.5. The van der Waals surface area contributed by atoms with Crippen molar-refractivity contribution >= 4 is 23.1 Å². The summed E-state index contributed by atoms with van der Waals surface area (Å²) in [6.45, 7) is 4.37. The fraction of sp³-hybridized carbons (Fsp3) is 0.786. The van der Waals surface area contributed by atoms with E-state index in [0.717, 1.165) is 13.0 Å². The Morgan fingerprint density at radius 3 is 2.78 bits per heavy atom. The molecule has 0 aromatic carbocycles. The minimum Gasteiger partial charge on any atom is -0.315 e. The van der Waals surface area contributed by atoms with Crippen molar-refractivity contribution in [3.63, 3.8) is 0 Å². The van der Waals surface area contributed by atoms with Crippen molar-refractivity contribution in [1.29, 1.82) is 0 Å². The minimum atomic E-state index is 0.515. The van der Waals surface area contributed by atoms with Gasteiger partial charge in [-0.1, -0.05) is 19.3 Å². The highest BCUT2D eigenvalue weighted by molar-refractivity contribution is 8.00. The number of aromatic nitrogens is 1. The smallest absolute Gasteiger partial charge is 0.0797 e. The quantitative estimate of drug-likeness (QED) is 0.807. The first-order valence-corrected chi connectivity index (χ1v) is 9.01. The van der Waals surface area contributed by atoms with Gasteiger partial charge in [0.25, 0.3) is 0 Å². The van der Waals surface area contributed by atoms with Gasteiger partial charge in [0.2, 0.25) is 0 Å². The molecule has 0 radical (unpaired) electrons. The molecule has 1 saturated carbocycles. The first-order valence-electron chi connectivity index (χ1n) is 6.91. The van der Waals surface area contributed by atoms with Crippen LogP contribution in [0, 0.1) is 6.92 Å². The van der Waals surface area contributed by atoms with Crippen LogP contribution >= 0.6 is 23.1 Å². The number of rotatable bonds is 6. The van der Waals surface area contributed by atoms with Crippen LogP contribution in [-0.2, 0) is 6.42 Å². The summed E-state index contributed by atoms with van der Waals surface area (Å²) in [6.07, 6.45) is 10.4. The molecule has 1 aliphatic rings. The molecule has 2 rings (SSSR count). The number of nitrogens with zero attached hydrogens (tertiary/aromatic N) is 1. The summed E-state index contributed by atoms with van der Waals surface area (Å²) < 4.78 is 0.515. The molecular weight excluding hydrogens is 260 g/mol. The van der Waals surface area contributed by atoms with Gasteiger partial charge in [-0.15, -0.1) is 11.3 Å². The van der Waals surface area contributed by atoms with Gasteiger partial charge in [0.15, 0.2) is 0 Å². The van der Waals surface area contributed by atoms with Crippen LogP contribution in [0.5, 0.6) is 0 Å². The average molecular weight is 284 g/mol. The molecular formula is C14H24N2S2. The van der Waals surface area contributed by atoms with Crippen molar-refractivity contribution in [3.05, 3.63) is 16.1 Å². The van der Waals surface area contributed by atoms with Crippen LogP contribution in [0.2, 0.25) is 0 Å². The molecule has 0 atom stereocenters. The molecule has 2 nitrogen and oxygen atoms in total. The maximum atomic E-state index is 4.30. The van der Waals surface area contributed by atoms with E-state index in [0.29, 0.717) is 4.75 Å². The maximum Gasteiger partial charge on any atom is 0.0797 e. The Labute approximate surface area is 119 Å². The van der Waals surface area contributed by atoms with E-state index < -0.39 is 0 Å². The number of hydrogen-bond acceptors (Lipinski definition) is 4. The molecule has 1 fully saturated rings. The van der Waals surface area contributed by atoms with Crippen molar-refractivity contribution in [2.24, 2.45) is 0 Å². The summed E-state index contributed by atoms with van der Waals surface area (Å²) >= 11 is 3.86. The van der Waals surface area contributed by atoms with Crippen LogP contribution in [0.1, 0.15) is 42.7 Å². The van der Waals surface area contributed by atoms with Crippen LogP contribution in [-0.4, -0.2) is 29.1 Å². The van der Waals surface area contributed by atoms with Gasteiger partial charge in [-0.05, 0) is 32.4 Å². The van der Waals surface area contributed by atoms with Crippen LogP contribution in [0.15, 0.2) is 5.51 Å². The van der Waals surface area contributed by atoms with E-state index in [1.807, 2.05) is 5.51 Å². The zero-order valence-corrected chi connectivity index (χ0v) is 13.1. The average Bonchev–Trinajstić information content (AvgIpc) is 2.82. The van der Waals surface area contributed by atoms with Crippen LogP contribution < -0.4 is 5.32 Å². The highest BCUT2D eigenvalue weighted by Gasteiger charge is 2.30. The summed E-state index contributed by atoms with van der Waals surface area (Å²) in [5.74, 6) is 0. The molecule has 0 amide bonds. The van der Waals surface area contributed by atoms with Crippen molar-refractivity contribution in [2.45, 2.75) is 50.2 Å². The first kappa shape index (κ1) is 14.4. The SMILES string of the molecule is CSC1(CNCCc2scnc2C)CCCCC1. The first-order chi connectivity index (χ1) is 8.76. The third-order valence-electron chi connectivity index (χ3n) is 4.02. The number of thiazole rings is 1. The molecule has 0 saturated heterocycles. The summed E-state index contributed by atoms with van der Waals surface area (Å²) in [5, 5.41) is 3.67. The van der Waals surface area contributed by atoms with Gasteiger partial charge in [-0.25, -0.2) is 4.98 Å². The van der Waals surface area contributed by atoms with Crippen molar-refractivity contribution in [1.82, 2.24) is 10.3 Å². The van der Waals surface area contributed by atoms with Crippen LogP contribution in [0.3, 0.4) is 0 Å². The molecule has 18 heavy (non-hydrogen) atoms. The Kier molecular flexibility index (Phi) is 5.52. The van der Waals surface area contributed by atoms with E-state index in [9.17, 15) is 0 Å². The lowest BCUT2D eigenvalue weighted by molar-refractivity contribution is 0.381. The van der Waals surface area contributed by atoms with Gasteiger partial charge in [0, 0.05) is 22.7 Å². The van der Waals surface area contributed by atoms with Gasteiger partial charge in [-0.2, -0.15) is 11.8 Å². The highest BCUT2D eigenvalue weighted by Crippen LogP contribution is 2.37. The standard InChI is InChI=1S/C14H24N2S2/c1-12-13(18-11-16-12)6-9-15-10-14(17-2)7-4-3-5-8-14/h11,15H,3-10H2,1-2H3. The minimum absolute atomic E-state index is 0.515. The molecule has 102 valence electrons. The van der Waals surface area contributed by atoms with Crippen molar-refractivity contribution in [3.8, 4) is 0 Å². The lowest BCUT2D eigenvalue weighted by Crippen LogP contribution is -2.40. The number of thioether (sulfide) groups is 1. The van der Waals surface area contributed by atoms with E-state index in [1.54, 1.807) is 11.3 Å². The Morgan fingerprint density at radius 2 is 2.17 bits per heavy atom. The summed E-state index contributed by atoms with van der Waals surface area (Å²) in [5.41, 5.74) is 3.16. The Hall–Kier alpha value is -0.0600. The summed E-state index contributed by atoms with van der Waals surface area (Å²) in [6, 6.07) is 0. The van der Waals surface area contributed by atoms with Crippen molar-refractivity contribution < 1.29 is 0 Å². The fourth-order valence-corrected chi connectivity index (χ4v) is 4.46. The van der Waals surface area contributed by atoms with Crippen LogP contribution in [0.4, 0.5) is 0 Å². The second-order valence-electron chi connectivity index (χ2n) is 5.24. The van der Waals surface area contributed by atoms with Gasteiger partial charge >= 0.3 is 0 Å². The van der Waals surface area contributed by atoms with E-state index in [2.05, 4.69) is 35.2 Å². The Balaban J connectivity index is 1.72. The molecule has 0 spiro atoms. The number of hydrogen-bond donors (Lipinski definition) is 1. The zero-order chi connectivity index (χ0) is 12.8. The van der Waals surface area contributed by atoms with Gasteiger partial charge in [0.1, 0.15) is 0 Å². The molecule has 4 heteroatoms. The summed E-state index contributed by atoms with van der Waals surface area (Å²) in [4.78, 5) is 5.74.